The van der Waals surface area contributed by atoms with Gasteiger partial charge in [0.25, 0.3) is 10.0 Å². The van der Waals surface area contributed by atoms with E-state index in [1.165, 1.54) is 31.6 Å². The normalized spacial score (nSPS) is 11.1. The molecule has 0 aromatic heterocycles. The molecule has 2 aromatic rings. The topological polar surface area (TPSA) is 55.8 Å². The van der Waals surface area contributed by atoms with Crippen molar-refractivity contribution in [2.45, 2.75) is 4.90 Å². The monoisotopic (exact) mass is 341 g/mol. The molecule has 118 valence electrons. The minimum Gasteiger partial charge on any atom is -0.497 e. The zero-order chi connectivity index (χ0) is 16.3. The molecule has 0 heterocycles. The molecule has 0 aliphatic carbocycles. The van der Waals surface area contributed by atoms with E-state index in [1.54, 1.807) is 36.4 Å². The number of rotatable bonds is 5. The van der Waals surface area contributed by atoms with Crippen molar-refractivity contribution in [3.63, 3.8) is 0 Å². The van der Waals surface area contributed by atoms with Crippen molar-refractivity contribution in [3.8, 4) is 11.5 Å². The van der Waals surface area contributed by atoms with Crippen LogP contribution in [0.1, 0.15) is 0 Å². The van der Waals surface area contributed by atoms with Crippen LogP contribution in [0.3, 0.4) is 0 Å². The highest BCUT2D eigenvalue weighted by Crippen LogP contribution is 2.32. The van der Waals surface area contributed by atoms with Crippen molar-refractivity contribution >= 4 is 27.3 Å². The highest BCUT2D eigenvalue weighted by molar-refractivity contribution is 7.92. The summed E-state index contributed by atoms with van der Waals surface area (Å²) in [6.45, 7) is 0. The van der Waals surface area contributed by atoms with Crippen LogP contribution in [0, 0.1) is 0 Å². The van der Waals surface area contributed by atoms with E-state index >= 15 is 0 Å². The highest BCUT2D eigenvalue weighted by Gasteiger charge is 2.26. The summed E-state index contributed by atoms with van der Waals surface area (Å²) in [5.74, 6) is 0.686. The number of hydrogen-bond acceptors (Lipinski definition) is 4. The van der Waals surface area contributed by atoms with E-state index in [0.29, 0.717) is 16.5 Å². The Morgan fingerprint density at radius 2 is 1.64 bits per heavy atom. The van der Waals surface area contributed by atoms with E-state index in [9.17, 15) is 8.42 Å². The summed E-state index contributed by atoms with van der Waals surface area (Å²) in [6.07, 6.45) is 0. The van der Waals surface area contributed by atoms with Crippen LogP contribution in [-0.4, -0.2) is 29.7 Å². The van der Waals surface area contributed by atoms with Gasteiger partial charge in [0.1, 0.15) is 16.4 Å². The van der Waals surface area contributed by atoms with Crippen LogP contribution in [0.2, 0.25) is 5.02 Å². The van der Waals surface area contributed by atoms with Gasteiger partial charge in [-0.2, -0.15) is 0 Å². The zero-order valence-electron chi connectivity index (χ0n) is 12.4. The van der Waals surface area contributed by atoms with Crippen molar-refractivity contribution in [3.05, 3.63) is 47.5 Å². The summed E-state index contributed by atoms with van der Waals surface area (Å²) in [6, 6.07) is 11.2. The van der Waals surface area contributed by atoms with Crippen molar-refractivity contribution in [2.24, 2.45) is 0 Å². The second-order valence-corrected chi connectivity index (χ2v) is 6.84. The predicted molar refractivity (Wildman–Crippen MR) is 86.6 cm³/mol. The van der Waals surface area contributed by atoms with E-state index < -0.39 is 10.0 Å². The van der Waals surface area contributed by atoms with E-state index in [1.807, 2.05) is 0 Å². The molecule has 0 amide bonds. The minimum atomic E-state index is -3.79. The van der Waals surface area contributed by atoms with E-state index in [4.69, 9.17) is 21.1 Å². The molecule has 0 spiro atoms. The molecule has 5 nitrogen and oxygen atoms in total. The van der Waals surface area contributed by atoms with Gasteiger partial charge in [-0.15, -0.1) is 0 Å². The number of halogens is 1. The lowest BCUT2D eigenvalue weighted by atomic mass is 10.3. The van der Waals surface area contributed by atoms with Gasteiger partial charge in [0, 0.05) is 18.1 Å². The van der Waals surface area contributed by atoms with Gasteiger partial charge in [0.2, 0.25) is 0 Å². The molecule has 0 fully saturated rings. The first kappa shape index (κ1) is 16.5. The van der Waals surface area contributed by atoms with Crippen molar-refractivity contribution in [2.75, 3.05) is 25.6 Å². The van der Waals surface area contributed by atoms with E-state index in [-0.39, 0.29) is 10.6 Å². The van der Waals surface area contributed by atoms with Crippen molar-refractivity contribution in [1.82, 2.24) is 0 Å². The van der Waals surface area contributed by atoms with Crippen LogP contribution in [0.25, 0.3) is 0 Å². The first-order valence-electron chi connectivity index (χ1n) is 6.36. The van der Waals surface area contributed by atoms with Gasteiger partial charge >= 0.3 is 0 Å². The van der Waals surface area contributed by atoms with Crippen molar-refractivity contribution in [1.29, 1.82) is 0 Å². The first-order chi connectivity index (χ1) is 10.4. The number of benzene rings is 2. The lowest BCUT2D eigenvalue weighted by Gasteiger charge is -2.21. The SMILES string of the molecule is COc1ccc(OC)c(S(=O)(=O)N(C)c2ccc(Cl)cc2)c1. The molecule has 0 aliphatic rings. The summed E-state index contributed by atoms with van der Waals surface area (Å²) in [5.41, 5.74) is 0.495. The summed E-state index contributed by atoms with van der Waals surface area (Å²) < 4.78 is 37.1. The summed E-state index contributed by atoms with van der Waals surface area (Å²) >= 11 is 5.83. The van der Waals surface area contributed by atoms with Crippen LogP contribution in [-0.2, 0) is 10.0 Å². The third-order valence-corrected chi connectivity index (χ3v) is 5.26. The fraction of sp³-hybridized carbons (Fsp3) is 0.200. The lowest BCUT2D eigenvalue weighted by Crippen LogP contribution is -2.27. The molecule has 0 aliphatic heterocycles. The lowest BCUT2D eigenvalue weighted by molar-refractivity contribution is 0.392. The summed E-state index contributed by atoms with van der Waals surface area (Å²) in [4.78, 5) is 0.0341. The number of nitrogens with zero attached hydrogens (tertiary/aromatic N) is 1. The fourth-order valence-electron chi connectivity index (χ4n) is 1.92. The Morgan fingerprint density at radius 1 is 1.00 bits per heavy atom. The van der Waals surface area contributed by atoms with Crippen LogP contribution in [0.5, 0.6) is 11.5 Å². The molecule has 7 heteroatoms. The van der Waals surface area contributed by atoms with E-state index in [0.717, 1.165) is 0 Å². The predicted octanol–water partition coefficient (Wildman–Crippen LogP) is 3.18. The van der Waals surface area contributed by atoms with Crippen LogP contribution in [0.15, 0.2) is 47.4 Å². The van der Waals surface area contributed by atoms with Crippen LogP contribution in [0.4, 0.5) is 5.69 Å². The Morgan fingerprint density at radius 3 is 2.18 bits per heavy atom. The molecule has 0 radical (unpaired) electrons. The van der Waals surface area contributed by atoms with Gasteiger partial charge in [0.05, 0.1) is 19.9 Å². The van der Waals surface area contributed by atoms with Crippen LogP contribution >= 0.6 is 11.6 Å². The zero-order valence-corrected chi connectivity index (χ0v) is 14.0. The Labute approximate surface area is 135 Å². The number of anilines is 1. The Balaban J connectivity index is 2.51. The third-order valence-electron chi connectivity index (χ3n) is 3.20. The second kappa shape index (κ2) is 6.46. The highest BCUT2D eigenvalue weighted by atomic mass is 35.5. The average Bonchev–Trinajstić information content (AvgIpc) is 2.54. The third kappa shape index (κ3) is 3.13. The molecule has 0 atom stereocenters. The minimum absolute atomic E-state index is 0.0341. The van der Waals surface area contributed by atoms with Gasteiger partial charge in [-0.3, -0.25) is 4.31 Å². The molecule has 2 aromatic carbocycles. The molecular formula is C15H16ClNO4S. The Hall–Kier alpha value is -1.92. The standard InChI is InChI=1S/C15H16ClNO4S/c1-17(12-6-4-11(16)5-7-12)22(18,19)15-10-13(20-2)8-9-14(15)21-3/h4-10H,1-3H3. The smallest absolute Gasteiger partial charge is 0.267 e. The van der Waals surface area contributed by atoms with E-state index in [2.05, 4.69) is 0 Å². The second-order valence-electron chi connectivity index (χ2n) is 4.47. The largest absolute Gasteiger partial charge is 0.497 e. The molecule has 0 saturated heterocycles. The molecule has 22 heavy (non-hydrogen) atoms. The summed E-state index contributed by atoms with van der Waals surface area (Å²) in [5, 5.41) is 0.536. The Kier molecular flexibility index (Phi) is 4.83. The maximum atomic E-state index is 12.8. The number of sulfonamides is 1. The molecule has 0 N–H and O–H groups in total. The molecule has 0 unspecified atom stereocenters. The van der Waals surface area contributed by atoms with Gasteiger partial charge in [-0.25, -0.2) is 8.42 Å². The maximum absolute atomic E-state index is 12.8. The first-order valence-corrected chi connectivity index (χ1v) is 8.18. The van der Waals surface area contributed by atoms with Gasteiger partial charge in [0.15, 0.2) is 0 Å². The quantitative estimate of drug-likeness (QED) is 0.838. The molecular weight excluding hydrogens is 326 g/mol. The maximum Gasteiger partial charge on any atom is 0.267 e. The summed E-state index contributed by atoms with van der Waals surface area (Å²) in [7, 11) is 0.568. The van der Waals surface area contributed by atoms with Crippen molar-refractivity contribution < 1.29 is 17.9 Å². The molecule has 0 saturated carbocycles. The van der Waals surface area contributed by atoms with Crippen LogP contribution < -0.4 is 13.8 Å². The van der Waals surface area contributed by atoms with Gasteiger partial charge < -0.3 is 9.47 Å². The number of methoxy groups -OCH3 is 2. The van der Waals surface area contributed by atoms with Gasteiger partial charge in [-0.1, -0.05) is 11.6 Å². The number of ether oxygens (including phenoxy) is 2. The fourth-order valence-corrected chi connectivity index (χ4v) is 3.41. The number of hydrogen-bond donors (Lipinski definition) is 0. The molecule has 2 rings (SSSR count). The molecule has 0 bridgehead atoms. The average molecular weight is 342 g/mol. The Bertz CT molecular complexity index is 760. The van der Waals surface area contributed by atoms with Gasteiger partial charge in [-0.05, 0) is 36.4 Å².